The molecule has 1 atom stereocenters. The van der Waals surface area contributed by atoms with Crippen LogP contribution in [0.2, 0.25) is 0 Å². The first kappa shape index (κ1) is 13.0. The quantitative estimate of drug-likeness (QED) is 0.814. The second-order valence-corrected chi connectivity index (χ2v) is 4.69. The molecule has 0 aliphatic heterocycles. The summed E-state index contributed by atoms with van der Waals surface area (Å²) in [7, 11) is 1.52. The zero-order valence-electron chi connectivity index (χ0n) is 10.4. The molecule has 5 heteroatoms. The van der Waals surface area contributed by atoms with Crippen LogP contribution in [0.4, 0.5) is 0 Å². The van der Waals surface area contributed by atoms with Gasteiger partial charge in [-0.3, -0.25) is 4.68 Å². The minimum absolute atomic E-state index is 0.0934. The summed E-state index contributed by atoms with van der Waals surface area (Å²) in [6.07, 6.45) is 0.511. The van der Waals surface area contributed by atoms with Crippen LogP contribution in [0.3, 0.4) is 0 Å². The molecule has 0 saturated carbocycles. The van der Waals surface area contributed by atoms with Crippen molar-refractivity contribution >= 4 is 0 Å². The lowest BCUT2D eigenvalue weighted by Crippen LogP contribution is -2.31. The van der Waals surface area contributed by atoms with Crippen molar-refractivity contribution in [1.82, 2.24) is 9.78 Å². The lowest BCUT2D eigenvalue weighted by Gasteiger charge is -2.26. The summed E-state index contributed by atoms with van der Waals surface area (Å²) in [5, 5.41) is 24.1. The molecule has 0 aromatic carbocycles. The maximum absolute atomic E-state index is 10.1. The van der Waals surface area contributed by atoms with Crippen LogP contribution in [0.1, 0.15) is 45.5 Å². The van der Waals surface area contributed by atoms with E-state index in [-0.39, 0.29) is 6.04 Å². The summed E-state index contributed by atoms with van der Waals surface area (Å²) in [5.74, 6) is 0.489. The van der Waals surface area contributed by atoms with Crippen LogP contribution >= 0.6 is 0 Å². The Bertz CT molecular complexity index is 353. The topological polar surface area (TPSA) is 67.5 Å². The summed E-state index contributed by atoms with van der Waals surface area (Å²) in [6.45, 7) is 7.00. The van der Waals surface area contributed by atoms with Crippen molar-refractivity contribution in [2.24, 2.45) is 0 Å². The van der Waals surface area contributed by atoms with Crippen molar-refractivity contribution in [2.45, 2.75) is 45.4 Å². The fraction of sp³-hybridized carbons (Fsp3) is 0.727. The number of nitrogens with zero attached hydrogens (tertiary/aromatic N) is 2. The van der Waals surface area contributed by atoms with E-state index in [0.29, 0.717) is 11.4 Å². The normalized spacial score (nSPS) is 14.2. The Labute approximate surface area is 95.7 Å². The molecule has 0 aliphatic carbocycles. The Hall–Kier alpha value is -1.07. The molecule has 0 bridgehead atoms. The highest BCUT2D eigenvalue weighted by atomic mass is 16.5. The van der Waals surface area contributed by atoms with E-state index >= 15 is 0 Å². The van der Waals surface area contributed by atoms with Gasteiger partial charge in [-0.25, -0.2) is 0 Å². The second-order valence-electron chi connectivity index (χ2n) is 4.69. The third-order valence-corrected chi connectivity index (χ3v) is 2.44. The van der Waals surface area contributed by atoms with Crippen LogP contribution < -0.4 is 4.74 Å². The summed E-state index contributed by atoms with van der Waals surface area (Å²) >= 11 is 0. The summed E-state index contributed by atoms with van der Waals surface area (Å²) < 4.78 is 6.79. The standard InChI is InChI=1S/C11H20N2O3/c1-7(2)13-9(8(16-5)6-12-13)10(14)11(3,4)15/h6-7,10,14-15H,1-5H3. The summed E-state index contributed by atoms with van der Waals surface area (Å²) in [4.78, 5) is 0. The third kappa shape index (κ3) is 2.36. The van der Waals surface area contributed by atoms with Gasteiger partial charge in [0, 0.05) is 6.04 Å². The van der Waals surface area contributed by atoms with Crippen LogP contribution in [-0.2, 0) is 0 Å². The van der Waals surface area contributed by atoms with Crippen molar-refractivity contribution in [3.63, 3.8) is 0 Å². The van der Waals surface area contributed by atoms with Gasteiger partial charge >= 0.3 is 0 Å². The minimum Gasteiger partial charge on any atom is -0.493 e. The molecule has 92 valence electrons. The third-order valence-electron chi connectivity index (χ3n) is 2.44. The number of aromatic nitrogens is 2. The SMILES string of the molecule is COc1cnn(C(C)C)c1C(O)C(C)(C)O. The average Bonchev–Trinajstić information content (AvgIpc) is 2.57. The molecule has 0 radical (unpaired) electrons. The lowest BCUT2D eigenvalue weighted by atomic mass is 9.98. The molecule has 0 fully saturated rings. The molecule has 0 spiro atoms. The van der Waals surface area contributed by atoms with E-state index in [1.807, 2.05) is 13.8 Å². The number of ether oxygens (including phenoxy) is 1. The summed E-state index contributed by atoms with van der Waals surface area (Å²) in [5.41, 5.74) is -0.732. The molecule has 0 saturated heterocycles. The Balaban J connectivity index is 3.23. The Morgan fingerprint density at radius 1 is 1.44 bits per heavy atom. The largest absolute Gasteiger partial charge is 0.493 e. The first-order valence-electron chi connectivity index (χ1n) is 5.30. The molecule has 1 aromatic heterocycles. The van der Waals surface area contributed by atoms with Gasteiger partial charge in [-0.15, -0.1) is 0 Å². The number of aliphatic hydroxyl groups excluding tert-OH is 1. The maximum atomic E-state index is 10.1. The smallest absolute Gasteiger partial charge is 0.162 e. The molecule has 1 aromatic rings. The van der Waals surface area contributed by atoms with Gasteiger partial charge in [0.15, 0.2) is 5.75 Å². The van der Waals surface area contributed by atoms with Crippen LogP contribution in [0.25, 0.3) is 0 Å². The fourth-order valence-corrected chi connectivity index (χ4v) is 1.52. The van der Waals surface area contributed by atoms with Gasteiger partial charge in [-0.1, -0.05) is 0 Å². The van der Waals surface area contributed by atoms with E-state index in [0.717, 1.165) is 0 Å². The minimum atomic E-state index is -1.24. The maximum Gasteiger partial charge on any atom is 0.162 e. The number of aliphatic hydroxyl groups is 2. The molecule has 1 unspecified atom stereocenters. The number of hydrogen-bond donors (Lipinski definition) is 2. The van der Waals surface area contributed by atoms with Crippen molar-refractivity contribution in [3.05, 3.63) is 11.9 Å². The van der Waals surface area contributed by atoms with Gasteiger partial charge in [0.2, 0.25) is 0 Å². The van der Waals surface area contributed by atoms with Crippen LogP contribution in [0, 0.1) is 0 Å². The predicted molar refractivity (Wildman–Crippen MR) is 60.4 cm³/mol. The van der Waals surface area contributed by atoms with Gasteiger partial charge in [-0.2, -0.15) is 5.10 Å². The number of hydrogen-bond acceptors (Lipinski definition) is 4. The van der Waals surface area contributed by atoms with E-state index < -0.39 is 11.7 Å². The van der Waals surface area contributed by atoms with Crippen LogP contribution in [0.5, 0.6) is 5.75 Å². The molecular weight excluding hydrogens is 208 g/mol. The Kier molecular flexibility index (Phi) is 3.60. The van der Waals surface area contributed by atoms with E-state index in [9.17, 15) is 10.2 Å². The van der Waals surface area contributed by atoms with Crippen molar-refractivity contribution in [3.8, 4) is 5.75 Å². The number of rotatable bonds is 4. The molecule has 2 N–H and O–H groups in total. The zero-order chi connectivity index (χ0) is 12.5. The zero-order valence-corrected chi connectivity index (χ0v) is 10.4. The highest BCUT2D eigenvalue weighted by Crippen LogP contribution is 2.33. The lowest BCUT2D eigenvalue weighted by molar-refractivity contribution is -0.0551. The van der Waals surface area contributed by atoms with Gasteiger partial charge in [0.1, 0.15) is 11.8 Å². The first-order chi connectivity index (χ1) is 7.29. The molecule has 1 heterocycles. The van der Waals surface area contributed by atoms with Crippen LogP contribution in [0.15, 0.2) is 6.20 Å². The van der Waals surface area contributed by atoms with Crippen LogP contribution in [-0.4, -0.2) is 32.7 Å². The Morgan fingerprint density at radius 2 is 2.00 bits per heavy atom. The molecule has 1 rings (SSSR count). The van der Waals surface area contributed by atoms with Crippen molar-refractivity contribution in [1.29, 1.82) is 0 Å². The van der Waals surface area contributed by atoms with E-state index in [1.165, 1.54) is 7.11 Å². The van der Waals surface area contributed by atoms with Gasteiger partial charge in [-0.05, 0) is 27.7 Å². The van der Waals surface area contributed by atoms with E-state index in [2.05, 4.69) is 5.10 Å². The van der Waals surface area contributed by atoms with Gasteiger partial charge < -0.3 is 14.9 Å². The fourth-order valence-electron chi connectivity index (χ4n) is 1.52. The molecule has 0 aliphatic rings. The molecular formula is C11H20N2O3. The second kappa shape index (κ2) is 4.43. The monoisotopic (exact) mass is 228 g/mol. The first-order valence-corrected chi connectivity index (χ1v) is 5.30. The highest BCUT2D eigenvalue weighted by molar-refractivity contribution is 5.29. The highest BCUT2D eigenvalue weighted by Gasteiger charge is 2.32. The molecule has 16 heavy (non-hydrogen) atoms. The summed E-state index contributed by atoms with van der Waals surface area (Å²) in [6, 6.07) is 0.0934. The van der Waals surface area contributed by atoms with Crippen molar-refractivity contribution in [2.75, 3.05) is 7.11 Å². The number of methoxy groups -OCH3 is 1. The molecule has 0 amide bonds. The van der Waals surface area contributed by atoms with Crippen molar-refractivity contribution < 1.29 is 14.9 Å². The average molecular weight is 228 g/mol. The molecule has 5 nitrogen and oxygen atoms in total. The van der Waals surface area contributed by atoms with Gasteiger partial charge in [0.25, 0.3) is 0 Å². The van der Waals surface area contributed by atoms with Gasteiger partial charge in [0.05, 0.1) is 18.9 Å². The Morgan fingerprint density at radius 3 is 2.38 bits per heavy atom. The predicted octanol–water partition coefficient (Wildman–Crippen LogP) is 1.28. The van der Waals surface area contributed by atoms with E-state index in [4.69, 9.17) is 4.74 Å². The van der Waals surface area contributed by atoms with E-state index in [1.54, 1.807) is 24.7 Å².